The maximum atomic E-state index is 12.5. The van der Waals surface area contributed by atoms with Crippen molar-refractivity contribution in [1.29, 1.82) is 0 Å². The molecule has 0 saturated carbocycles. The zero-order chi connectivity index (χ0) is 10.6. The topological polar surface area (TPSA) is 40.5 Å². The number of hydrogen-bond acceptors (Lipinski definition) is 2. The maximum Gasteiger partial charge on any atom is 0.123 e. The van der Waals surface area contributed by atoms with E-state index in [2.05, 4.69) is 0 Å². The molecular formula is C10H12ClFO2. The number of aliphatic hydroxyl groups excluding tert-OH is 2. The highest BCUT2D eigenvalue weighted by Crippen LogP contribution is 2.19. The van der Waals surface area contributed by atoms with Gasteiger partial charge in [0.2, 0.25) is 0 Å². The molecule has 1 rings (SSSR count). The molecule has 1 aromatic rings. The molecule has 2 unspecified atom stereocenters. The Morgan fingerprint density at radius 3 is 2.29 bits per heavy atom. The Morgan fingerprint density at radius 1 is 1.21 bits per heavy atom. The molecule has 0 saturated heterocycles. The monoisotopic (exact) mass is 218 g/mol. The second-order valence-electron chi connectivity index (χ2n) is 3.04. The van der Waals surface area contributed by atoms with Crippen molar-refractivity contribution in [3.8, 4) is 0 Å². The van der Waals surface area contributed by atoms with Crippen molar-refractivity contribution < 1.29 is 14.6 Å². The minimum Gasteiger partial charge on any atom is -0.390 e. The number of halogens is 2. The van der Waals surface area contributed by atoms with E-state index in [1.54, 1.807) is 0 Å². The van der Waals surface area contributed by atoms with Crippen LogP contribution < -0.4 is 0 Å². The van der Waals surface area contributed by atoms with Crippen LogP contribution in [0.25, 0.3) is 0 Å². The minimum atomic E-state index is -1.01. The van der Waals surface area contributed by atoms with Gasteiger partial charge in [0, 0.05) is 5.88 Å². The molecular weight excluding hydrogens is 207 g/mol. The van der Waals surface area contributed by atoms with E-state index >= 15 is 0 Å². The van der Waals surface area contributed by atoms with Gasteiger partial charge in [-0.2, -0.15) is 0 Å². The van der Waals surface area contributed by atoms with Gasteiger partial charge in [0.05, 0.1) is 6.10 Å². The molecule has 1 aromatic carbocycles. The Bertz CT molecular complexity index is 276. The highest BCUT2D eigenvalue weighted by atomic mass is 35.5. The lowest BCUT2D eigenvalue weighted by molar-refractivity contribution is 0.0169. The van der Waals surface area contributed by atoms with Crippen LogP contribution in [0.3, 0.4) is 0 Å². The first-order valence-electron chi connectivity index (χ1n) is 4.32. The van der Waals surface area contributed by atoms with Crippen LogP contribution in [0.2, 0.25) is 0 Å². The largest absolute Gasteiger partial charge is 0.390 e. The molecule has 0 amide bonds. The normalized spacial score (nSPS) is 15.1. The van der Waals surface area contributed by atoms with Crippen molar-refractivity contribution in [2.24, 2.45) is 0 Å². The smallest absolute Gasteiger partial charge is 0.123 e. The first-order valence-corrected chi connectivity index (χ1v) is 4.86. The molecule has 14 heavy (non-hydrogen) atoms. The predicted octanol–water partition coefficient (Wildman–Crippen LogP) is 1.85. The first kappa shape index (κ1) is 11.4. The molecule has 2 N–H and O–H groups in total. The second-order valence-corrected chi connectivity index (χ2v) is 3.42. The van der Waals surface area contributed by atoms with Gasteiger partial charge in [0.25, 0.3) is 0 Å². The van der Waals surface area contributed by atoms with Crippen molar-refractivity contribution in [2.45, 2.75) is 18.6 Å². The lowest BCUT2D eigenvalue weighted by atomic mass is 10.0. The standard InChI is InChI=1S/C10H12ClFO2/c11-6-5-9(13)10(14)7-1-3-8(12)4-2-7/h1-4,9-10,13-14H,5-6H2. The van der Waals surface area contributed by atoms with Crippen molar-refractivity contribution in [3.05, 3.63) is 35.6 Å². The number of alkyl halides is 1. The fourth-order valence-electron chi connectivity index (χ4n) is 1.15. The van der Waals surface area contributed by atoms with E-state index in [0.29, 0.717) is 12.0 Å². The van der Waals surface area contributed by atoms with Gasteiger partial charge in [-0.15, -0.1) is 11.6 Å². The summed E-state index contributed by atoms with van der Waals surface area (Å²) in [5.41, 5.74) is 0.490. The summed E-state index contributed by atoms with van der Waals surface area (Å²) in [6.07, 6.45) is -1.60. The summed E-state index contributed by atoms with van der Waals surface area (Å²) in [5.74, 6) is -0.0906. The third-order valence-corrected chi connectivity index (χ3v) is 2.20. The molecule has 0 radical (unpaired) electrons. The van der Waals surface area contributed by atoms with E-state index in [-0.39, 0.29) is 11.7 Å². The lowest BCUT2D eigenvalue weighted by Gasteiger charge is -2.16. The molecule has 0 fully saturated rings. The molecule has 0 bridgehead atoms. The first-order chi connectivity index (χ1) is 6.65. The van der Waals surface area contributed by atoms with Gasteiger partial charge < -0.3 is 10.2 Å². The van der Waals surface area contributed by atoms with Crippen LogP contribution in [-0.4, -0.2) is 22.2 Å². The van der Waals surface area contributed by atoms with E-state index in [4.69, 9.17) is 11.6 Å². The van der Waals surface area contributed by atoms with Crippen LogP contribution >= 0.6 is 11.6 Å². The van der Waals surface area contributed by atoms with Crippen molar-refractivity contribution >= 4 is 11.6 Å². The summed E-state index contributed by atoms with van der Waals surface area (Å²) < 4.78 is 12.5. The SMILES string of the molecule is OC(CCCl)C(O)c1ccc(F)cc1. The summed E-state index contributed by atoms with van der Waals surface area (Å²) in [7, 11) is 0. The van der Waals surface area contributed by atoms with E-state index in [1.807, 2.05) is 0 Å². The molecule has 0 aliphatic heterocycles. The van der Waals surface area contributed by atoms with Gasteiger partial charge in [-0.1, -0.05) is 12.1 Å². The molecule has 4 heteroatoms. The summed E-state index contributed by atoms with van der Waals surface area (Å²) in [6, 6.07) is 5.37. The second kappa shape index (κ2) is 5.29. The van der Waals surface area contributed by atoms with Gasteiger partial charge in [-0.25, -0.2) is 4.39 Å². The van der Waals surface area contributed by atoms with Crippen molar-refractivity contribution in [2.75, 3.05) is 5.88 Å². The summed E-state index contributed by atoms with van der Waals surface area (Å²) in [6.45, 7) is 0. The van der Waals surface area contributed by atoms with Crippen molar-refractivity contribution in [1.82, 2.24) is 0 Å². The Morgan fingerprint density at radius 2 is 1.79 bits per heavy atom. The number of rotatable bonds is 4. The zero-order valence-corrected chi connectivity index (χ0v) is 8.28. The van der Waals surface area contributed by atoms with Crippen LogP contribution in [0, 0.1) is 5.82 Å². The minimum absolute atomic E-state index is 0.277. The van der Waals surface area contributed by atoms with Crippen LogP contribution in [0.15, 0.2) is 24.3 Å². The highest BCUT2D eigenvalue weighted by molar-refractivity contribution is 6.17. The Kier molecular flexibility index (Phi) is 4.32. The molecule has 2 nitrogen and oxygen atoms in total. The fourth-order valence-corrected chi connectivity index (χ4v) is 1.38. The molecule has 0 aromatic heterocycles. The quantitative estimate of drug-likeness (QED) is 0.758. The zero-order valence-electron chi connectivity index (χ0n) is 7.53. The van der Waals surface area contributed by atoms with Crippen LogP contribution in [0.1, 0.15) is 18.1 Å². The van der Waals surface area contributed by atoms with E-state index in [9.17, 15) is 14.6 Å². The average Bonchev–Trinajstić information content (AvgIpc) is 2.18. The average molecular weight is 219 g/mol. The van der Waals surface area contributed by atoms with Crippen LogP contribution in [0.5, 0.6) is 0 Å². The molecule has 0 aliphatic rings. The Balaban J connectivity index is 2.68. The van der Waals surface area contributed by atoms with Crippen LogP contribution in [-0.2, 0) is 0 Å². The number of hydrogen-bond donors (Lipinski definition) is 2. The summed E-state index contributed by atoms with van der Waals surface area (Å²) in [4.78, 5) is 0. The number of aliphatic hydroxyl groups is 2. The fraction of sp³-hybridized carbons (Fsp3) is 0.400. The Labute approximate surface area is 86.9 Å². The number of benzene rings is 1. The van der Waals surface area contributed by atoms with E-state index in [0.717, 1.165) is 0 Å². The summed E-state index contributed by atoms with van der Waals surface area (Å²) in [5, 5.41) is 19.0. The van der Waals surface area contributed by atoms with Crippen molar-refractivity contribution in [3.63, 3.8) is 0 Å². The maximum absolute atomic E-state index is 12.5. The van der Waals surface area contributed by atoms with Gasteiger partial charge in [-0.05, 0) is 24.1 Å². The summed E-state index contributed by atoms with van der Waals surface area (Å²) >= 11 is 5.42. The van der Waals surface area contributed by atoms with Gasteiger partial charge in [-0.3, -0.25) is 0 Å². The van der Waals surface area contributed by atoms with E-state index in [1.165, 1.54) is 24.3 Å². The van der Waals surface area contributed by atoms with Crippen LogP contribution in [0.4, 0.5) is 4.39 Å². The van der Waals surface area contributed by atoms with Gasteiger partial charge in [0.1, 0.15) is 11.9 Å². The third-order valence-electron chi connectivity index (χ3n) is 1.98. The molecule has 0 heterocycles. The third kappa shape index (κ3) is 2.94. The molecule has 78 valence electrons. The van der Waals surface area contributed by atoms with Gasteiger partial charge in [0.15, 0.2) is 0 Å². The Hall–Kier alpha value is -0.640. The lowest BCUT2D eigenvalue weighted by Crippen LogP contribution is -2.18. The van der Waals surface area contributed by atoms with Gasteiger partial charge >= 0.3 is 0 Å². The predicted molar refractivity (Wildman–Crippen MR) is 52.7 cm³/mol. The molecule has 2 atom stereocenters. The highest BCUT2D eigenvalue weighted by Gasteiger charge is 2.17. The van der Waals surface area contributed by atoms with E-state index < -0.39 is 12.2 Å². The molecule has 0 aliphatic carbocycles. The molecule has 0 spiro atoms.